The summed E-state index contributed by atoms with van der Waals surface area (Å²) in [5, 5.41) is 3.38. The summed E-state index contributed by atoms with van der Waals surface area (Å²) in [5.41, 5.74) is 0. The molecular weight excluding hydrogens is 188 g/mol. The van der Waals surface area contributed by atoms with Gasteiger partial charge >= 0.3 is 0 Å². The fourth-order valence-corrected chi connectivity index (χ4v) is 2.37. The van der Waals surface area contributed by atoms with Gasteiger partial charge in [-0.15, -0.1) is 0 Å². The normalized spacial score (nSPS) is 27.1. The van der Waals surface area contributed by atoms with Crippen LogP contribution in [0.1, 0.15) is 47.5 Å². The first kappa shape index (κ1) is 12.5. The Morgan fingerprint density at radius 2 is 1.87 bits per heavy atom. The van der Waals surface area contributed by atoms with Gasteiger partial charge in [-0.2, -0.15) is 0 Å². The van der Waals surface area contributed by atoms with E-state index in [1.54, 1.807) is 0 Å². The van der Waals surface area contributed by atoms with Crippen LogP contribution in [0.4, 0.5) is 0 Å². The first-order valence-corrected chi connectivity index (χ1v) is 6.11. The topological polar surface area (TPSA) is 32.3 Å². The molecule has 1 saturated heterocycles. The predicted octanol–water partition coefficient (Wildman–Crippen LogP) is 1.98. The number of amides is 1. The Morgan fingerprint density at radius 1 is 1.33 bits per heavy atom. The molecule has 1 aliphatic rings. The molecule has 1 fully saturated rings. The van der Waals surface area contributed by atoms with Crippen molar-refractivity contribution in [3.63, 3.8) is 0 Å². The molecule has 2 unspecified atom stereocenters. The summed E-state index contributed by atoms with van der Waals surface area (Å²) in [7, 11) is 0. The van der Waals surface area contributed by atoms with Crippen molar-refractivity contribution in [2.45, 2.75) is 65.7 Å². The van der Waals surface area contributed by atoms with Crippen LogP contribution in [-0.4, -0.2) is 29.1 Å². The molecule has 0 aliphatic carbocycles. The minimum Gasteiger partial charge on any atom is -0.323 e. The summed E-state index contributed by atoms with van der Waals surface area (Å²) >= 11 is 0. The molecule has 0 radical (unpaired) electrons. The Hall–Kier alpha value is -0.570. The molecule has 0 aromatic heterocycles. The Bertz CT molecular complexity index is 224. The van der Waals surface area contributed by atoms with Crippen molar-refractivity contribution < 1.29 is 4.79 Å². The SMILES string of the molecule is CCC(CC)N1C(=O)C(C)NC1C(C)C. The van der Waals surface area contributed by atoms with Crippen molar-refractivity contribution in [3.05, 3.63) is 0 Å². The van der Waals surface area contributed by atoms with Gasteiger partial charge < -0.3 is 4.90 Å². The van der Waals surface area contributed by atoms with E-state index in [0.29, 0.717) is 12.0 Å². The van der Waals surface area contributed by atoms with Gasteiger partial charge in [-0.3, -0.25) is 10.1 Å². The number of hydrogen-bond donors (Lipinski definition) is 1. The molecule has 1 aliphatic heterocycles. The Morgan fingerprint density at radius 3 is 2.27 bits per heavy atom. The molecule has 0 aromatic carbocycles. The van der Waals surface area contributed by atoms with Gasteiger partial charge in [0.25, 0.3) is 0 Å². The molecule has 0 aromatic rings. The van der Waals surface area contributed by atoms with Crippen LogP contribution in [0.25, 0.3) is 0 Å². The van der Waals surface area contributed by atoms with Crippen LogP contribution < -0.4 is 5.32 Å². The number of nitrogens with one attached hydrogen (secondary N) is 1. The smallest absolute Gasteiger partial charge is 0.240 e. The van der Waals surface area contributed by atoms with E-state index in [1.165, 1.54) is 0 Å². The molecule has 15 heavy (non-hydrogen) atoms. The highest BCUT2D eigenvalue weighted by molar-refractivity contribution is 5.84. The standard InChI is InChI=1S/C12H24N2O/c1-6-10(7-2)14-11(8(3)4)13-9(5)12(14)15/h8-11,13H,6-7H2,1-5H3. The summed E-state index contributed by atoms with van der Waals surface area (Å²) in [6.07, 6.45) is 2.30. The molecule has 1 rings (SSSR count). The van der Waals surface area contributed by atoms with Gasteiger partial charge in [-0.25, -0.2) is 0 Å². The van der Waals surface area contributed by atoms with Crippen LogP contribution in [0, 0.1) is 5.92 Å². The van der Waals surface area contributed by atoms with Crippen LogP contribution in [-0.2, 0) is 4.79 Å². The van der Waals surface area contributed by atoms with Crippen molar-refractivity contribution in [1.29, 1.82) is 0 Å². The van der Waals surface area contributed by atoms with Crippen LogP contribution in [0.3, 0.4) is 0 Å². The quantitative estimate of drug-likeness (QED) is 0.773. The fourth-order valence-electron chi connectivity index (χ4n) is 2.37. The third-order valence-electron chi connectivity index (χ3n) is 3.31. The lowest BCUT2D eigenvalue weighted by molar-refractivity contribution is -0.132. The first-order valence-electron chi connectivity index (χ1n) is 6.11. The van der Waals surface area contributed by atoms with E-state index in [-0.39, 0.29) is 18.1 Å². The van der Waals surface area contributed by atoms with Crippen molar-refractivity contribution >= 4 is 5.91 Å². The zero-order chi connectivity index (χ0) is 11.6. The van der Waals surface area contributed by atoms with Gasteiger partial charge in [-0.05, 0) is 25.7 Å². The second-order valence-corrected chi connectivity index (χ2v) is 4.79. The highest BCUT2D eigenvalue weighted by Gasteiger charge is 2.40. The lowest BCUT2D eigenvalue weighted by Crippen LogP contribution is -2.46. The summed E-state index contributed by atoms with van der Waals surface area (Å²) < 4.78 is 0. The van der Waals surface area contributed by atoms with Crippen LogP contribution in [0.5, 0.6) is 0 Å². The van der Waals surface area contributed by atoms with E-state index >= 15 is 0 Å². The van der Waals surface area contributed by atoms with Gasteiger partial charge in [-0.1, -0.05) is 27.7 Å². The van der Waals surface area contributed by atoms with E-state index in [4.69, 9.17) is 0 Å². The maximum absolute atomic E-state index is 12.0. The lowest BCUT2D eigenvalue weighted by atomic mass is 10.1. The first-order chi connectivity index (χ1) is 7.02. The highest BCUT2D eigenvalue weighted by Crippen LogP contribution is 2.23. The average Bonchev–Trinajstić information content (AvgIpc) is 2.48. The number of carbonyl (C=O) groups excluding carboxylic acids is 1. The van der Waals surface area contributed by atoms with Crippen LogP contribution >= 0.6 is 0 Å². The minimum absolute atomic E-state index is 0.0157. The summed E-state index contributed by atoms with van der Waals surface area (Å²) in [6, 6.07) is 0.375. The Kier molecular flexibility index (Phi) is 4.14. The zero-order valence-electron chi connectivity index (χ0n) is 10.6. The molecule has 1 amide bonds. The molecule has 0 saturated carbocycles. The van der Waals surface area contributed by atoms with E-state index in [1.807, 2.05) is 6.92 Å². The van der Waals surface area contributed by atoms with E-state index in [9.17, 15) is 4.79 Å². The van der Waals surface area contributed by atoms with Crippen molar-refractivity contribution in [1.82, 2.24) is 10.2 Å². The molecule has 2 atom stereocenters. The Balaban J connectivity index is 2.85. The number of nitrogens with zero attached hydrogens (tertiary/aromatic N) is 1. The van der Waals surface area contributed by atoms with E-state index < -0.39 is 0 Å². The largest absolute Gasteiger partial charge is 0.323 e. The number of rotatable bonds is 4. The van der Waals surface area contributed by atoms with Crippen molar-refractivity contribution in [3.8, 4) is 0 Å². The van der Waals surface area contributed by atoms with Crippen molar-refractivity contribution in [2.24, 2.45) is 5.92 Å². The molecule has 3 heteroatoms. The van der Waals surface area contributed by atoms with Crippen molar-refractivity contribution in [2.75, 3.05) is 0 Å². The molecule has 1 N–H and O–H groups in total. The zero-order valence-corrected chi connectivity index (χ0v) is 10.6. The second kappa shape index (κ2) is 4.97. The molecular formula is C12H24N2O. The maximum atomic E-state index is 12.0. The third kappa shape index (κ3) is 2.33. The summed E-state index contributed by atoms with van der Waals surface area (Å²) in [5.74, 6) is 0.738. The van der Waals surface area contributed by atoms with E-state index in [0.717, 1.165) is 12.8 Å². The van der Waals surface area contributed by atoms with Gasteiger partial charge in [0.2, 0.25) is 5.91 Å². The average molecular weight is 212 g/mol. The number of carbonyl (C=O) groups is 1. The lowest BCUT2D eigenvalue weighted by Gasteiger charge is -2.33. The minimum atomic E-state index is -0.0157. The molecule has 0 spiro atoms. The highest BCUT2D eigenvalue weighted by atomic mass is 16.2. The molecule has 88 valence electrons. The van der Waals surface area contributed by atoms with Crippen LogP contribution in [0.2, 0.25) is 0 Å². The Labute approximate surface area is 93.2 Å². The van der Waals surface area contributed by atoms with Gasteiger partial charge in [0, 0.05) is 6.04 Å². The predicted molar refractivity (Wildman–Crippen MR) is 62.4 cm³/mol. The van der Waals surface area contributed by atoms with Gasteiger partial charge in [0.15, 0.2) is 0 Å². The summed E-state index contributed by atoms with van der Waals surface area (Å²) in [6.45, 7) is 10.6. The second-order valence-electron chi connectivity index (χ2n) is 4.79. The van der Waals surface area contributed by atoms with Crippen LogP contribution in [0.15, 0.2) is 0 Å². The van der Waals surface area contributed by atoms with Gasteiger partial charge in [0.1, 0.15) is 0 Å². The van der Waals surface area contributed by atoms with Gasteiger partial charge in [0.05, 0.1) is 12.2 Å². The molecule has 1 heterocycles. The molecule has 3 nitrogen and oxygen atoms in total. The van der Waals surface area contributed by atoms with E-state index in [2.05, 4.69) is 37.9 Å². The number of hydrogen-bond acceptors (Lipinski definition) is 2. The third-order valence-corrected chi connectivity index (χ3v) is 3.31. The monoisotopic (exact) mass is 212 g/mol. The maximum Gasteiger partial charge on any atom is 0.240 e. The fraction of sp³-hybridized carbons (Fsp3) is 0.917. The summed E-state index contributed by atoms with van der Waals surface area (Å²) in [4.78, 5) is 14.1. The molecule has 0 bridgehead atoms.